The Morgan fingerprint density at radius 3 is 2.75 bits per heavy atom. The van der Waals surface area contributed by atoms with Gasteiger partial charge in [-0.05, 0) is 13.2 Å². The van der Waals surface area contributed by atoms with Gasteiger partial charge < -0.3 is 10.4 Å². The van der Waals surface area contributed by atoms with Gasteiger partial charge in [-0.2, -0.15) is 11.8 Å². The minimum Gasteiger partial charge on any atom is -0.395 e. The summed E-state index contributed by atoms with van der Waals surface area (Å²) in [6.45, 7) is 3.11. The summed E-state index contributed by atoms with van der Waals surface area (Å²) in [6, 6.07) is 0.318. The number of hydrogen-bond acceptors (Lipinski definition) is 3. The largest absolute Gasteiger partial charge is 0.395 e. The van der Waals surface area contributed by atoms with Crippen LogP contribution in [-0.4, -0.2) is 35.8 Å². The van der Waals surface area contributed by atoms with Gasteiger partial charge in [-0.1, -0.05) is 0 Å². The van der Waals surface area contributed by atoms with Crippen LogP contribution in [0.15, 0.2) is 0 Å². The van der Waals surface area contributed by atoms with Crippen LogP contribution in [0.3, 0.4) is 0 Å². The fourth-order valence-electron chi connectivity index (χ4n) is 0.940. The maximum atomic E-state index is 8.95. The van der Waals surface area contributed by atoms with E-state index in [1.807, 2.05) is 6.26 Å². The maximum Gasteiger partial charge on any atom is 0.0564 e. The summed E-state index contributed by atoms with van der Waals surface area (Å²) in [5.74, 6) is 2.57. The molecule has 0 aliphatic carbocycles. The number of rotatable bonds is 6. The molecule has 0 aromatic carbocycles. The van der Waals surface area contributed by atoms with Gasteiger partial charge in [-0.3, -0.25) is 0 Å². The second-order valence-electron chi connectivity index (χ2n) is 2.65. The van der Waals surface area contributed by atoms with Crippen LogP contribution in [-0.2, 0) is 0 Å². The number of aliphatic hydroxyl groups is 1. The van der Waals surface area contributed by atoms with Crippen molar-refractivity contribution >= 4 is 11.8 Å². The van der Waals surface area contributed by atoms with Crippen LogP contribution in [0.2, 0.25) is 0 Å². The van der Waals surface area contributed by atoms with Crippen LogP contribution < -0.4 is 5.32 Å². The van der Waals surface area contributed by atoms with Gasteiger partial charge in [0.05, 0.1) is 6.61 Å². The highest BCUT2D eigenvalue weighted by Gasteiger charge is 2.13. The number of terminal acetylenes is 1. The van der Waals surface area contributed by atoms with Crippen molar-refractivity contribution < 1.29 is 5.11 Å². The Balaban J connectivity index is 3.55. The van der Waals surface area contributed by atoms with Crippen molar-refractivity contribution in [3.8, 4) is 12.3 Å². The highest BCUT2D eigenvalue weighted by molar-refractivity contribution is 7.99. The van der Waals surface area contributed by atoms with E-state index in [9.17, 15) is 0 Å². The molecular weight excluding hydrogens is 170 g/mol. The molecule has 2 unspecified atom stereocenters. The molecule has 0 rings (SSSR count). The first-order valence-electron chi connectivity index (χ1n) is 4.06. The van der Waals surface area contributed by atoms with Gasteiger partial charge in [0.2, 0.25) is 0 Å². The van der Waals surface area contributed by atoms with Crippen LogP contribution in [0, 0.1) is 12.3 Å². The first-order chi connectivity index (χ1) is 5.76. The van der Waals surface area contributed by atoms with Crippen LogP contribution in [0.25, 0.3) is 0 Å². The fraction of sp³-hybridized carbons (Fsp3) is 0.778. The molecule has 0 aromatic heterocycles. The molecular formula is C9H17NOS. The van der Waals surface area contributed by atoms with Gasteiger partial charge in [0.25, 0.3) is 0 Å². The standard InChI is InChI=1S/C9H17NOS/c1-4-5-6-10-8(2)9(7-11)12-3/h1,8-11H,5-7H2,2-3H3. The Morgan fingerprint density at radius 1 is 1.67 bits per heavy atom. The van der Waals surface area contributed by atoms with Gasteiger partial charge in [0, 0.05) is 24.3 Å². The molecule has 2 nitrogen and oxygen atoms in total. The highest BCUT2D eigenvalue weighted by atomic mass is 32.2. The normalized spacial score (nSPS) is 15.2. The van der Waals surface area contributed by atoms with E-state index in [-0.39, 0.29) is 11.9 Å². The molecule has 0 heterocycles. The summed E-state index contributed by atoms with van der Waals surface area (Å²) >= 11 is 1.67. The molecule has 0 radical (unpaired) electrons. The molecule has 0 aromatic rings. The summed E-state index contributed by atoms with van der Waals surface area (Å²) < 4.78 is 0. The van der Waals surface area contributed by atoms with E-state index < -0.39 is 0 Å². The van der Waals surface area contributed by atoms with Gasteiger partial charge >= 0.3 is 0 Å². The van der Waals surface area contributed by atoms with Crippen molar-refractivity contribution in [1.82, 2.24) is 5.32 Å². The number of aliphatic hydroxyl groups excluding tert-OH is 1. The smallest absolute Gasteiger partial charge is 0.0564 e. The van der Waals surface area contributed by atoms with E-state index >= 15 is 0 Å². The van der Waals surface area contributed by atoms with E-state index in [2.05, 4.69) is 18.2 Å². The third-order valence-corrected chi connectivity index (χ3v) is 2.94. The van der Waals surface area contributed by atoms with Gasteiger partial charge in [-0.25, -0.2) is 0 Å². The van der Waals surface area contributed by atoms with Crippen LogP contribution in [0.5, 0.6) is 0 Å². The predicted molar refractivity (Wildman–Crippen MR) is 55.3 cm³/mol. The Labute approximate surface area is 79.1 Å². The van der Waals surface area contributed by atoms with Crippen molar-refractivity contribution in [2.45, 2.75) is 24.6 Å². The van der Waals surface area contributed by atoms with E-state index in [0.717, 1.165) is 13.0 Å². The van der Waals surface area contributed by atoms with Crippen LogP contribution in [0.1, 0.15) is 13.3 Å². The van der Waals surface area contributed by atoms with Gasteiger partial charge in [0.1, 0.15) is 0 Å². The summed E-state index contributed by atoms with van der Waals surface area (Å²) in [4.78, 5) is 0. The lowest BCUT2D eigenvalue weighted by Crippen LogP contribution is -2.37. The van der Waals surface area contributed by atoms with E-state index in [0.29, 0.717) is 6.04 Å². The van der Waals surface area contributed by atoms with E-state index in [4.69, 9.17) is 11.5 Å². The zero-order valence-electron chi connectivity index (χ0n) is 7.71. The maximum absolute atomic E-state index is 8.95. The molecule has 70 valence electrons. The van der Waals surface area contributed by atoms with Crippen molar-refractivity contribution in [3.63, 3.8) is 0 Å². The molecule has 0 fully saturated rings. The van der Waals surface area contributed by atoms with Crippen molar-refractivity contribution in [3.05, 3.63) is 0 Å². The quantitative estimate of drug-likeness (QED) is 0.474. The minimum atomic E-state index is 0.214. The SMILES string of the molecule is C#CCCNC(C)C(CO)SC. The Kier molecular flexibility index (Phi) is 7.37. The molecule has 0 spiro atoms. The van der Waals surface area contributed by atoms with Crippen LogP contribution >= 0.6 is 11.8 Å². The number of nitrogens with one attached hydrogen (secondary N) is 1. The monoisotopic (exact) mass is 187 g/mol. The molecule has 0 saturated heterocycles. The molecule has 0 bridgehead atoms. The zero-order valence-corrected chi connectivity index (χ0v) is 8.53. The molecule has 0 amide bonds. The average molecular weight is 187 g/mol. The van der Waals surface area contributed by atoms with E-state index in [1.54, 1.807) is 11.8 Å². The summed E-state index contributed by atoms with van der Waals surface area (Å²) in [7, 11) is 0. The molecule has 3 heteroatoms. The lowest BCUT2D eigenvalue weighted by Gasteiger charge is -2.20. The number of hydrogen-bond donors (Lipinski definition) is 2. The summed E-state index contributed by atoms with van der Waals surface area (Å²) in [6.07, 6.45) is 7.86. The first-order valence-corrected chi connectivity index (χ1v) is 5.35. The van der Waals surface area contributed by atoms with Crippen molar-refractivity contribution in [2.75, 3.05) is 19.4 Å². The fourth-order valence-corrected chi connectivity index (χ4v) is 1.59. The lowest BCUT2D eigenvalue weighted by molar-refractivity contribution is 0.276. The average Bonchev–Trinajstić information content (AvgIpc) is 2.07. The van der Waals surface area contributed by atoms with Crippen molar-refractivity contribution in [2.24, 2.45) is 0 Å². The Morgan fingerprint density at radius 2 is 2.33 bits per heavy atom. The third kappa shape index (κ3) is 4.66. The topological polar surface area (TPSA) is 32.3 Å². The molecule has 2 atom stereocenters. The van der Waals surface area contributed by atoms with Gasteiger partial charge in [0.15, 0.2) is 0 Å². The van der Waals surface area contributed by atoms with Crippen molar-refractivity contribution in [1.29, 1.82) is 0 Å². The Bertz CT molecular complexity index is 140. The first kappa shape index (κ1) is 11.8. The number of thioether (sulfide) groups is 1. The van der Waals surface area contributed by atoms with E-state index in [1.165, 1.54) is 0 Å². The summed E-state index contributed by atoms with van der Waals surface area (Å²) in [5, 5.41) is 12.5. The Hall–Kier alpha value is -0.170. The molecule has 0 aliphatic rings. The second kappa shape index (κ2) is 7.48. The molecule has 2 N–H and O–H groups in total. The predicted octanol–water partition coefficient (Wildman–Crippen LogP) is 0.712. The third-order valence-electron chi connectivity index (χ3n) is 1.78. The van der Waals surface area contributed by atoms with Gasteiger partial charge in [-0.15, -0.1) is 12.3 Å². The molecule has 12 heavy (non-hydrogen) atoms. The zero-order chi connectivity index (χ0) is 9.40. The minimum absolute atomic E-state index is 0.214. The molecule has 0 aliphatic heterocycles. The summed E-state index contributed by atoms with van der Waals surface area (Å²) in [5.41, 5.74) is 0. The second-order valence-corrected chi connectivity index (χ2v) is 3.73. The van der Waals surface area contributed by atoms with Crippen LogP contribution in [0.4, 0.5) is 0 Å². The highest BCUT2D eigenvalue weighted by Crippen LogP contribution is 2.09. The molecule has 0 saturated carbocycles. The lowest BCUT2D eigenvalue weighted by atomic mass is 10.2.